The van der Waals surface area contributed by atoms with Crippen LogP contribution in [0.5, 0.6) is 5.75 Å². The van der Waals surface area contributed by atoms with Crippen LogP contribution < -0.4 is 10.1 Å². The molecule has 5 nitrogen and oxygen atoms in total. The first-order chi connectivity index (χ1) is 14.1. The Morgan fingerprint density at radius 3 is 2.76 bits per heavy atom. The zero-order chi connectivity index (χ0) is 20.2. The first-order valence-corrected chi connectivity index (χ1v) is 10.7. The van der Waals surface area contributed by atoms with Gasteiger partial charge in [-0.1, -0.05) is 18.2 Å². The molecule has 4 rings (SSSR count). The second-order valence-electron chi connectivity index (χ2n) is 7.12. The van der Waals surface area contributed by atoms with E-state index in [0.717, 1.165) is 35.5 Å². The Kier molecular flexibility index (Phi) is 5.81. The van der Waals surface area contributed by atoms with Crippen LogP contribution in [0.3, 0.4) is 0 Å². The van der Waals surface area contributed by atoms with Crippen LogP contribution >= 0.6 is 11.3 Å². The minimum Gasteiger partial charge on any atom is -0.490 e. The number of Topliss-reactive ketones (excluding diaryl/α,β-unsaturated/α-hetero) is 1. The molecular weight excluding hydrogens is 386 g/mol. The highest BCUT2D eigenvalue weighted by Crippen LogP contribution is 2.42. The van der Waals surface area contributed by atoms with Gasteiger partial charge in [0.25, 0.3) is 0 Å². The van der Waals surface area contributed by atoms with E-state index in [1.807, 2.05) is 54.1 Å². The molecule has 29 heavy (non-hydrogen) atoms. The number of hydrogen-bond donors (Lipinski definition) is 1. The fourth-order valence-corrected chi connectivity index (χ4v) is 4.60. The van der Waals surface area contributed by atoms with Crippen LogP contribution in [0.2, 0.25) is 0 Å². The van der Waals surface area contributed by atoms with Crippen molar-refractivity contribution in [3.63, 3.8) is 0 Å². The molecule has 2 aromatic rings. The van der Waals surface area contributed by atoms with E-state index in [1.54, 1.807) is 11.3 Å². The van der Waals surface area contributed by atoms with Crippen LogP contribution in [0, 0.1) is 0 Å². The number of ketones is 1. The van der Waals surface area contributed by atoms with E-state index in [9.17, 15) is 9.59 Å². The number of carbonyl (C=O) groups excluding carboxylic acids is 2. The van der Waals surface area contributed by atoms with E-state index in [0.29, 0.717) is 17.6 Å². The van der Waals surface area contributed by atoms with Gasteiger partial charge < -0.3 is 14.8 Å². The van der Waals surface area contributed by atoms with Crippen LogP contribution in [0.1, 0.15) is 37.7 Å². The summed E-state index contributed by atoms with van der Waals surface area (Å²) in [6.45, 7) is 2.28. The molecule has 2 aliphatic rings. The zero-order valence-electron chi connectivity index (χ0n) is 16.3. The lowest BCUT2D eigenvalue weighted by molar-refractivity contribution is -0.140. The van der Waals surface area contributed by atoms with Crippen molar-refractivity contribution in [2.45, 2.75) is 32.1 Å². The number of nitrogens with one attached hydrogen (secondary N) is 1. The van der Waals surface area contributed by atoms with Crippen molar-refractivity contribution in [3.8, 4) is 5.75 Å². The van der Waals surface area contributed by atoms with Gasteiger partial charge in [0, 0.05) is 29.3 Å². The van der Waals surface area contributed by atoms with Gasteiger partial charge in [0.15, 0.2) is 5.78 Å². The highest BCUT2D eigenvalue weighted by Gasteiger charge is 2.39. The molecule has 1 aromatic heterocycles. The SMILES string of the molecule is CC1=C(C(=O)OCCOc2ccccc2)[C@H](c2ccsc2)C2=C(CCCC2=O)N1. The zero-order valence-corrected chi connectivity index (χ0v) is 17.1. The molecule has 0 bridgehead atoms. The molecule has 0 saturated carbocycles. The number of dihydropyridines is 1. The molecule has 2 heterocycles. The minimum atomic E-state index is -0.409. The minimum absolute atomic E-state index is 0.111. The van der Waals surface area contributed by atoms with Crippen LogP contribution in [0.4, 0.5) is 0 Å². The summed E-state index contributed by atoms with van der Waals surface area (Å²) in [5.41, 5.74) is 3.89. The summed E-state index contributed by atoms with van der Waals surface area (Å²) in [5, 5.41) is 7.27. The number of ether oxygens (including phenoxy) is 2. The molecule has 1 aromatic carbocycles. The molecule has 1 N–H and O–H groups in total. The number of rotatable bonds is 6. The number of carbonyl (C=O) groups is 2. The summed E-state index contributed by atoms with van der Waals surface area (Å²) in [6, 6.07) is 11.4. The highest BCUT2D eigenvalue weighted by molar-refractivity contribution is 7.08. The predicted molar refractivity (Wildman–Crippen MR) is 112 cm³/mol. The standard InChI is InChI=1S/C23H23NO4S/c1-15-20(23(26)28-12-11-27-17-6-3-2-4-7-17)21(16-10-13-29-14-16)22-18(24-15)8-5-9-19(22)25/h2-4,6-7,10,13-14,21,24H,5,8-9,11-12H2,1H3/t21-/m0/s1. The molecule has 6 heteroatoms. The average Bonchev–Trinajstić information content (AvgIpc) is 3.25. The topological polar surface area (TPSA) is 64.6 Å². The second kappa shape index (κ2) is 8.66. The molecule has 0 spiro atoms. The van der Waals surface area contributed by atoms with Gasteiger partial charge in [0.1, 0.15) is 19.0 Å². The number of esters is 1. The van der Waals surface area contributed by atoms with Gasteiger partial charge in [-0.3, -0.25) is 4.79 Å². The maximum atomic E-state index is 13.0. The van der Waals surface area contributed by atoms with Gasteiger partial charge in [-0.25, -0.2) is 4.79 Å². The maximum Gasteiger partial charge on any atom is 0.336 e. The van der Waals surface area contributed by atoms with Gasteiger partial charge in [0.2, 0.25) is 0 Å². The number of para-hydroxylation sites is 1. The molecular formula is C23H23NO4S. The average molecular weight is 410 g/mol. The van der Waals surface area contributed by atoms with E-state index in [-0.39, 0.29) is 24.9 Å². The molecule has 0 unspecified atom stereocenters. The largest absolute Gasteiger partial charge is 0.490 e. The van der Waals surface area contributed by atoms with Crippen molar-refractivity contribution in [1.82, 2.24) is 5.32 Å². The smallest absolute Gasteiger partial charge is 0.336 e. The molecule has 0 amide bonds. The number of allylic oxidation sites excluding steroid dienone is 3. The summed E-state index contributed by atoms with van der Waals surface area (Å²) in [6.07, 6.45) is 2.19. The van der Waals surface area contributed by atoms with Crippen molar-refractivity contribution >= 4 is 23.1 Å². The summed E-state index contributed by atoms with van der Waals surface area (Å²) >= 11 is 1.56. The molecule has 0 saturated heterocycles. The Hall–Kier alpha value is -2.86. The third-order valence-electron chi connectivity index (χ3n) is 5.20. The molecule has 1 aliphatic carbocycles. The Balaban J connectivity index is 1.51. The first-order valence-electron chi connectivity index (χ1n) is 9.76. The molecule has 0 radical (unpaired) electrons. The van der Waals surface area contributed by atoms with E-state index in [4.69, 9.17) is 9.47 Å². The maximum absolute atomic E-state index is 13.0. The summed E-state index contributed by atoms with van der Waals surface area (Å²) in [4.78, 5) is 25.7. The third-order valence-corrected chi connectivity index (χ3v) is 5.90. The second-order valence-corrected chi connectivity index (χ2v) is 7.90. The quantitative estimate of drug-likeness (QED) is 0.568. The van der Waals surface area contributed by atoms with E-state index in [2.05, 4.69) is 5.32 Å². The summed E-state index contributed by atoms with van der Waals surface area (Å²) in [5.74, 6) is 0.0674. The van der Waals surface area contributed by atoms with E-state index < -0.39 is 5.97 Å². The predicted octanol–water partition coefficient (Wildman–Crippen LogP) is 4.34. The Morgan fingerprint density at radius 1 is 1.17 bits per heavy atom. The number of benzene rings is 1. The van der Waals surface area contributed by atoms with Gasteiger partial charge in [-0.2, -0.15) is 11.3 Å². The van der Waals surface area contributed by atoms with Crippen molar-refractivity contribution in [1.29, 1.82) is 0 Å². The monoisotopic (exact) mass is 409 g/mol. The molecule has 1 atom stereocenters. The van der Waals surface area contributed by atoms with Crippen molar-refractivity contribution < 1.29 is 19.1 Å². The normalized spacial score (nSPS) is 18.9. The van der Waals surface area contributed by atoms with Crippen LogP contribution in [0.25, 0.3) is 0 Å². The first kappa shape index (κ1) is 19.5. The molecule has 1 aliphatic heterocycles. The van der Waals surface area contributed by atoms with E-state index in [1.165, 1.54) is 0 Å². The fourth-order valence-electron chi connectivity index (χ4n) is 3.91. The molecule has 0 fully saturated rings. The summed E-state index contributed by atoms with van der Waals surface area (Å²) < 4.78 is 11.1. The van der Waals surface area contributed by atoms with Crippen molar-refractivity contribution in [2.24, 2.45) is 0 Å². The molecule has 150 valence electrons. The lowest BCUT2D eigenvalue weighted by Gasteiger charge is -2.33. The fraction of sp³-hybridized carbons (Fsp3) is 0.304. The van der Waals surface area contributed by atoms with Crippen molar-refractivity contribution in [3.05, 3.63) is 75.3 Å². The van der Waals surface area contributed by atoms with Crippen LogP contribution in [-0.4, -0.2) is 25.0 Å². The van der Waals surface area contributed by atoms with Gasteiger partial charge in [-0.05, 0) is 54.3 Å². The Bertz CT molecular complexity index is 960. The van der Waals surface area contributed by atoms with E-state index >= 15 is 0 Å². The Labute approximate surface area is 174 Å². The highest BCUT2D eigenvalue weighted by atomic mass is 32.1. The lowest BCUT2D eigenvalue weighted by Crippen LogP contribution is -2.34. The van der Waals surface area contributed by atoms with Gasteiger partial charge >= 0.3 is 5.97 Å². The summed E-state index contributed by atoms with van der Waals surface area (Å²) in [7, 11) is 0. The van der Waals surface area contributed by atoms with Crippen molar-refractivity contribution in [2.75, 3.05) is 13.2 Å². The Morgan fingerprint density at radius 2 is 2.00 bits per heavy atom. The number of thiophene rings is 1. The van der Waals surface area contributed by atoms with Gasteiger partial charge in [0.05, 0.1) is 5.57 Å². The van der Waals surface area contributed by atoms with Crippen LogP contribution in [-0.2, 0) is 14.3 Å². The number of hydrogen-bond acceptors (Lipinski definition) is 6. The van der Waals surface area contributed by atoms with Gasteiger partial charge in [-0.15, -0.1) is 0 Å². The van der Waals surface area contributed by atoms with Crippen LogP contribution in [0.15, 0.2) is 69.7 Å². The lowest BCUT2D eigenvalue weighted by atomic mass is 9.76. The third kappa shape index (κ3) is 4.12.